The number of amides is 4. The highest BCUT2D eigenvalue weighted by atomic mass is 16.5. The smallest absolute Gasteiger partial charge is 0.405 e. The Labute approximate surface area is 360 Å². The van der Waals surface area contributed by atoms with Gasteiger partial charge in [-0.3, -0.25) is 9.59 Å². The largest absolute Gasteiger partial charge is 0.465 e. The number of aromatic nitrogens is 4. The topological polar surface area (TPSA) is 215 Å². The van der Waals surface area contributed by atoms with Gasteiger partial charge in [-0.25, -0.2) is 19.6 Å². The van der Waals surface area contributed by atoms with Crippen molar-refractivity contribution in [3.8, 4) is 34.4 Å². The van der Waals surface area contributed by atoms with E-state index in [1.165, 1.54) is 0 Å². The minimum Gasteiger partial charge on any atom is -0.465 e. The van der Waals surface area contributed by atoms with Crippen LogP contribution in [0.3, 0.4) is 0 Å². The summed E-state index contributed by atoms with van der Waals surface area (Å²) in [7, 11) is 0. The Bertz CT molecular complexity index is 2130. The maximum absolute atomic E-state index is 13.9. The summed E-state index contributed by atoms with van der Waals surface area (Å²) < 4.78 is 10.9. The van der Waals surface area contributed by atoms with E-state index in [1.807, 2.05) is 60.9 Å². The summed E-state index contributed by atoms with van der Waals surface area (Å²) in [6.45, 7) is 7.26. The monoisotopic (exact) mass is 846 g/mol. The molecule has 8 rings (SSSR count). The summed E-state index contributed by atoms with van der Waals surface area (Å²) in [5.41, 5.74) is 4.94. The molecule has 16 nitrogen and oxygen atoms in total. The lowest BCUT2D eigenvalue weighted by Gasteiger charge is -2.33. The van der Waals surface area contributed by atoms with Crippen LogP contribution in [0.1, 0.15) is 87.2 Å². The number of aromatic amines is 2. The van der Waals surface area contributed by atoms with Crippen molar-refractivity contribution in [2.45, 2.75) is 76.5 Å². The van der Waals surface area contributed by atoms with Gasteiger partial charge in [-0.15, -0.1) is 0 Å². The van der Waals surface area contributed by atoms with E-state index in [2.05, 4.69) is 46.3 Å². The number of likely N-dealkylation sites (tertiary alicyclic amines) is 2. The van der Waals surface area contributed by atoms with E-state index in [9.17, 15) is 29.4 Å². The summed E-state index contributed by atoms with van der Waals surface area (Å²) >= 11 is 0. The maximum atomic E-state index is 13.9. The van der Waals surface area contributed by atoms with Gasteiger partial charge in [-0.05, 0) is 86.5 Å². The number of hydrogen-bond acceptors (Lipinski definition) is 8. The standard InChI is InChI=1S/C46H54N8O8/c1-27-21-37(53(25-27)43(55)39(51-45(57)58)33-13-17-61-18-14-33)41-47-23-35(49-41)31-9-5-29(6-10-31)3-4-30-7-11-32(12-8-30)36-24-48-42(50-36)38-22-28(2)26-54(38)44(56)40(52-46(59)60)34-15-19-62-20-16-34/h5-12,23-24,27-28,33-34,37-40,51-52H,13-22,25-26H2,1-2H3,(H,47,49)(H,48,50)(H,57,58)(H,59,60)/t27?,28?,37?,38?,39-,40-/m0/s1. The minimum atomic E-state index is -1.21. The third-order valence-electron chi connectivity index (χ3n) is 12.7. The van der Waals surface area contributed by atoms with Crippen molar-refractivity contribution in [1.29, 1.82) is 0 Å². The van der Waals surface area contributed by atoms with Crippen molar-refractivity contribution >= 4 is 24.0 Å². The molecule has 62 heavy (non-hydrogen) atoms. The number of benzene rings is 2. The van der Waals surface area contributed by atoms with Gasteiger partial charge < -0.3 is 50.1 Å². The Balaban J connectivity index is 0.903. The van der Waals surface area contributed by atoms with Crippen LogP contribution in [0.5, 0.6) is 0 Å². The van der Waals surface area contributed by atoms with E-state index in [-0.39, 0.29) is 47.6 Å². The average molecular weight is 847 g/mol. The zero-order chi connectivity index (χ0) is 43.3. The van der Waals surface area contributed by atoms with Crippen LogP contribution in [-0.2, 0) is 19.1 Å². The van der Waals surface area contributed by atoms with Crippen molar-refractivity contribution in [3.63, 3.8) is 0 Å². The van der Waals surface area contributed by atoms with Gasteiger partial charge in [0, 0.05) is 74.2 Å². The van der Waals surface area contributed by atoms with E-state index in [1.54, 1.807) is 9.80 Å². The number of carboxylic acid groups (broad SMARTS) is 2. The zero-order valence-corrected chi connectivity index (χ0v) is 35.0. The Morgan fingerprint density at radius 1 is 0.645 bits per heavy atom. The summed E-state index contributed by atoms with van der Waals surface area (Å²) in [5, 5.41) is 24.2. The second-order valence-electron chi connectivity index (χ2n) is 17.2. The van der Waals surface area contributed by atoms with Crippen LogP contribution in [0.2, 0.25) is 0 Å². The van der Waals surface area contributed by atoms with E-state index < -0.39 is 24.3 Å². The SMILES string of the molecule is CC1CC(c2nc(-c3ccc(C#Cc4ccc(-c5c[nH]c(C6CC(C)CN6C(=O)[C@@H](NC(=O)O)C6CCOCC6)n5)cc4)cc3)c[nH]2)N(C(=O)[C@@H](NC(=O)O)C2CCOCC2)C1. The van der Waals surface area contributed by atoms with Crippen LogP contribution in [-0.4, -0.2) is 116 Å². The summed E-state index contributed by atoms with van der Waals surface area (Å²) in [6, 6.07) is 13.4. The molecule has 4 aliphatic rings. The Kier molecular flexibility index (Phi) is 12.9. The number of carbonyl (C=O) groups excluding carboxylic acids is 2. The van der Waals surface area contributed by atoms with E-state index >= 15 is 0 Å². The van der Waals surface area contributed by atoms with Gasteiger partial charge in [0.05, 0.1) is 23.5 Å². The number of hydrogen-bond donors (Lipinski definition) is 6. The van der Waals surface area contributed by atoms with Gasteiger partial charge in [0.15, 0.2) is 0 Å². The lowest BCUT2D eigenvalue weighted by atomic mass is 9.90. The molecule has 4 unspecified atom stereocenters. The van der Waals surface area contributed by atoms with Crippen molar-refractivity contribution < 1.29 is 38.9 Å². The van der Waals surface area contributed by atoms with E-state index in [0.29, 0.717) is 76.8 Å². The van der Waals surface area contributed by atoms with Gasteiger partial charge in [0.25, 0.3) is 0 Å². The molecule has 2 aromatic heterocycles. The molecule has 326 valence electrons. The van der Waals surface area contributed by atoms with Crippen LogP contribution in [0.4, 0.5) is 9.59 Å². The molecule has 4 amide bonds. The molecule has 0 spiro atoms. The van der Waals surface area contributed by atoms with Gasteiger partial charge in [-0.2, -0.15) is 0 Å². The van der Waals surface area contributed by atoms with Gasteiger partial charge >= 0.3 is 12.2 Å². The molecule has 0 aliphatic carbocycles. The highest BCUT2D eigenvalue weighted by Crippen LogP contribution is 2.38. The van der Waals surface area contributed by atoms with Crippen LogP contribution in [0.15, 0.2) is 60.9 Å². The molecule has 6 heterocycles. The fourth-order valence-corrected chi connectivity index (χ4v) is 9.48. The maximum Gasteiger partial charge on any atom is 0.405 e. The Morgan fingerprint density at radius 2 is 1.02 bits per heavy atom. The van der Waals surface area contributed by atoms with Crippen LogP contribution in [0.25, 0.3) is 22.5 Å². The van der Waals surface area contributed by atoms with Crippen LogP contribution < -0.4 is 10.6 Å². The van der Waals surface area contributed by atoms with Crippen LogP contribution >= 0.6 is 0 Å². The molecule has 0 radical (unpaired) electrons. The highest BCUT2D eigenvalue weighted by Gasteiger charge is 2.43. The molecule has 6 N–H and O–H groups in total. The number of nitrogens with one attached hydrogen (secondary N) is 4. The first-order valence-electron chi connectivity index (χ1n) is 21.6. The predicted molar refractivity (Wildman–Crippen MR) is 227 cm³/mol. The van der Waals surface area contributed by atoms with Gasteiger partial charge in [-0.1, -0.05) is 50.0 Å². The molecule has 4 fully saturated rings. The molecule has 4 saturated heterocycles. The summed E-state index contributed by atoms with van der Waals surface area (Å²) in [5.74, 6) is 7.61. The lowest BCUT2D eigenvalue weighted by Crippen LogP contribution is -2.53. The molecule has 16 heteroatoms. The fraction of sp³-hybridized carbons (Fsp3) is 0.478. The molecule has 0 saturated carbocycles. The molecular formula is C46H54N8O8. The molecule has 6 atom stereocenters. The first kappa shape index (κ1) is 42.5. The average Bonchev–Trinajstić information content (AvgIpc) is 4.11. The zero-order valence-electron chi connectivity index (χ0n) is 35.0. The number of carbonyl (C=O) groups is 4. The predicted octanol–water partition coefficient (Wildman–Crippen LogP) is 5.81. The van der Waals surface area contributed by atoms with E-state index in [0.717, 1.165) is 46.5 Å². The van der Waals surface area contributed by atoms with Crippen molar-refractivity contribution in [2.24, 2.45) is 23.7 Å². The quantitative estimate of drug-likeness (QED) is 0.105. The third kappa shape index (κ3) is 9.64. The van der Waals surface area contributed by atoms with Crippen LogP contribution in [0, 0.1) is 35.5 Å². The van der Waals surface area contributed by atoms with Gasteiger partial charge in [0.2, 0.25) is 11.8 Å². The Morgan fingerprint density at radius 3 is 1.37 bits per heavy atom. The number of nitrogens with zero attached hydrogens (tertiary/aromatic N) is 4. The number of ether oxygens (including phenoxy) is 2. The molecular weight excluding hydrogens is 793 g/mol. The first-order valence-corrected chi connectivity index (χ1v) is 21.6. The molecule has 2 aromatic carbocycles. The van der Waals surface area contributed by atoms with Crippen molar-refractivity contribution in [2.75, 3.05) is 39.5 Å². The Hall–Kier alpha value is -6.18. The van der Waals surface area contributed by atoms with Gasteiger partial charge in [0.1, 0.15) is 23.7 Å². The summed E-state index contributed by atoms with van der Waals surface area (Å²) in [6.07, 6.45) is 5.19. The molecule has 4 aromatic rings. The van der Waals surface area contributed by atoms with Crippen molar-refractivity contribution in [1.82, 2.24) is 40.4 Å². The van der Waals surface area contributed by atoms with E-state index in [4.69, 9.17) is 19.4 Å². The fourth-order valence-electron chi connectivity index (χ4n) is 9.48. The lowest BCUT2D eigenvalue weighted by molar-refractivity contribution is -0.137. The summed E-state index contributed by atoms with van der Waals surface area (Å²) in [4.78, 5) is 71.2. The minimum absolute atomic E-state index is 0.124. The molecule has 4 aliphatic heterocycles. The van der Waals surface area contributed by atoms with Crippen molar-refractivity contribution in [3.05, 3.63) is 83.7 Å². The number of H-pyrrole nitrogens is 2. The normalized spacial score (nSPS) is 23.0. The number of rotatable bonds is 10. The second-order valence-corrected chi connectivity index (χ2v) is 17.2. The molecule has 0 bridgehead atoms. The highest BCUT2D eigenvalue weighted by molar-refractivity contribution is 5.87. The third-order valence-corrected chi connectivity index (χ3v) is 12.7. The first-order chi connectivity index (χ1) is 30.0. The number of imidazole rings is 2. The second kappa shape index (κ2) is 18.8.